The van der Waals surface area contributed by atoms with E-state index in [0.717, 1.165) is 36.6 Å². The number of rotatable bonds is 2. The second-order valence-corrected chi connectivity index (χ2v) is 6.11. The number of aromatic nitrogens is 3. The first kappa shape index (κ1) is 13.5. The summed E-state index contributed by atoms with van der Waals surface area (Å²) < 4.78 is 0. The summed E-state index contributed by atoms with van der Waals surface area (Å²) in [7, 11) is 0. The van der Waals surface area contributed by atoms with Crippen LogP contribution in [-0.2, 0) is 0 Å². The van der Waals surface area contributed by atoms with Crippen LogP contribution in [0.25, 0.3) is 11.4 Å². The molecule has 2 unspecified atom stereocenters. The van der Waals surface area contributed by atoms with Crippen LogP contribution in [0.15, 0.2) is 42.7 Å². The third-order valence-corrected chi connectivity index (χ3v) is 4.62. The second kappa shape index (κ2) is 5.54. The Hall–Kier alpha value is -2.20. The molecule has 1 saturated heterocycles. The highest BCUT2D eigenvalue weighted by Gasteiger charge is 2.26. The lowest BCUT2D eigenvalue weighted by atomic mass is 9.88. The van der Waals surface area contributed by atoms with Gasteiger partial charge in [-0.15, -0.1) is 0 Å². The topological polar surface area (TPSA) is 53.6 Å². The van der Waals surface area contributed by atoms with Crippen molar-refractivity contribution in [2.24, 2.45) is 0 Å². The molecule has 3 aliphatic heterocycles. The maximum Gasteiger partial charge on any atom is 0.109 e. The summed E-state index contributed by atoms with van der Waals surface area (Å²) in [4.78, 5) is 12.5. The maximum absolute atomic E-state index is 4.63. The minimum atomic E-state index is 0.407. The zero-order valence-electron chi connectivity index (χ0n) is 12.7. The van der Waals surface area contributed by atoms with Gasteiger partial charge in [0.2, 0.25) is 0 Å². The quantitative estimate of drug-likeness (QED) is 0.761. The van der Waals surface area contributed by atoms with Gasteiger partial charge in [0.15, 0.2) is 0 Å². The Kier molecular flexibility index (Phi) is 3.39. The predicted octanol–water partition coefficient (Wildman–Crippen LogP) is 3.43. The fraction of sp³-hybridized carbons (Fsp3) is 0.333. The molecule has 22 heavy (non-hydrogen) atoms. The Morgan fingerprint density at radius 3 is 2.82 bits per heavy atom. The van der Waals surface area contributed by atoms with Crippen molar-refractivity contribution in [1.29, 1.82) is 0 Å². The van der Waals surface area contributed by atoms with Gasteiger partial charge >= 0.3 is 0 Å². The second-order valence-electron chi connectivity index (χ2n) is 6.11. The number of piperidine rings is 1. The molecule has 0 bridgehead atoms. The first-order valence-corrected chi connectivity index (χ1v) is 7.90. The van der Waals surface area contributed by atoms with Crippen LogP contribution < -0.4 is 5.32 Å². The average Bonchev–Trinajstić information content (AvgIpc) is 2.96. The number of benzene rings is 1. The van der Waals surface area contributed by atoms with Gasteiger partial charge in [-0.3, -0.25) is 4.98 Å². The first-order valence-electron chi connectivity index (χ1n) is 7.90. The molecule has 1 fully saturated rings. The van der Waals surface area contributed by atoms with E-state index in [1.807, 2.05) is 12.4 Å². The van der Waals surface area contributed by atoms with Crippen LogP contribution in [0, 0.1) is 6.92 Å². The van der Waals surface area contributed by atoms with E-state index in [9.17, 15) is 0 Å². The van der Waals surface area contributed by atoms with Gasteiger partial charge in [0.25, 0.3) is 0 Å². The molecule has 2 N–H and O–H groups in total. The molecule has 3 aliphatic rings. The Morgan fingerprint density at radius 1 is 1.09 bits per heavy atom. The normalized spacial score (nSPS) is 22.0. The average molecular weight is 292 g/mol. The molecule has 0 spiro atoms. The van der Waals surface area contributed by atoms with Crippen molar-refractivity contribution in [3.8, 4) is 11.4 Å². The van der Waals surface area contributed by atoms with Crippen molar-refractivity contribution < 1.29 is 0 Å². The van der Waals surface area contributed by atoms with Crippen molar-refractivity contribution in [2.75, 3.05) is 6.54 Å². The predicted molar refractivity (Wildman–Crippen MR) is 86.9 cm³/mol. The van der Waals surface area contributed by atoms with Crippen molar-refractivity contribution in [3.05, 3.63) is 59.7 Å². The van der Waals surface area contributed by atoms with Crippen molar-refractivity contribution >= 4 is 0 Å². The van der Waals surface area contributed by atoms with E-state index < -0.39 is 0 Å². The van der Waals surface area contributed by atoms with E-state index in [-0.39, 0.29) is 0 Å². The third-order valence-electron chi connectivity index (χ3n) is 4.62. The molecule has 112 valence electrons. The van der Waals surface area contributed by atoms with E-state index in [0.29, 0.717) is 12.0 Å². The number of fused-ring (bicyclic) bond motifs is 1. The molecule has 3 heterocycles. The van der Waals surface area contributed by atoms with Gasteiger partial charge in [0.05, 0.1) is 11.9 Å². The summed E-state index contributed by atoms with van der Waals surface area (Å²) in [6, 6.07) is 11.1. The van der Waals surface area contributed by atoms with Crippen molar-refractivity contribution in [1.82, 2.24) is 20.3 Å². The first-order chi connectivity index (χ1) is 10.8. The molecular weight excluding hydrogens is 272 g/mol. The maximum atomic E-state index is 4.63. The Balaban J connectivity index is 1.61. The highest BCUT2D eigenvalue weighted by atomic mass is 15.0. The van der Waals surface area contributed by atoms with E-state index in [2.05, 4.69) is 57.5 Å². The molecule has 4 rings (SSSR count). The van der Waals surface area contributed by atoms with Crippen LogP contribution >= 0.6 is 0 Å². The molecule has 0 aliphatic carbocycles. The number of aryl methyl sites for hydroxylation is 1. The minimum Gasteiger partial charge on any atom is -0.341 e. The number of hydrogen-bond acceptors (Lipinski definition) is 3. The molecule has 4 nitrogen and oxygen atoms in total. The molecule has 0 saturated carbocycles. The summed E-state index contributed by atoms with van der Waals surface area (Å²) in [5, 5.41) is 3.62. The summed E-state index contributed by atoms with van der Waals surface area (Å²) >= 11 is 0. The summed E-state index contributed by atoms with van der Waals surface area (Å²) in [5.74, 6) is 1.55. The lowest BCUT2D eigenvalue weighted by Gasteiger charge is -2.30. The smallest absolute Gasteiger partial charge is 0.109 e. The monoisotopic (exact) mass is 292 g/mol. The summed E-state index contributed by atoms with van der Waals surface area (Å²) in [6.45, 7) is 3.11. The van der Waals surface area contributed by atoms with Gasteiger partial charge in [-0.1, -0.05) is 30.3 Å². The Labute approximate surface area is 130 Å². The largest absolute Gasteiger partial charge is 0.341 e. The van der Waals surface area contributed by atoms with Crippen LogP contribution in [0.1, 0.15) is 41.8 Å². The molecule has 0 amide bonds. The van der Waals surface area contributed by atoms with E-state index in [1.165, 1.54) is 11.1 Å². The molecule has 1 aromatic carbocycles. The highest BCUT2D eigenvalue weighted by Crippen LogP contribution is 2.33. The van der Waals surface area contributed by atoms with Crippen LogP contribution in [0.5, 0.6) is 0 Å². The summed E-state index contributed by atoms with van der Waals surface area (Å²) in [5.41, 5.74) is 4.63. The standard InChI is InChI=1S/C18H20N4/c1-12-10-20-16-11-21-18(22-17(12)16)14-7-8-19-15(9-14)13-5-3-2-4-6-13/h2-6,10-11,14-15,19H,7-9H2,1H3,(H,21,22). The zero-order valence-corrected chi connectivity index (χ0v) is 12.7. The number of aromatic amines is 1. The van der Waals surface area contributed by atoms with E-state index in [4.69, 9.17) is 0 Å². The molecular formula is C18H20N4. The third kappa shape index (κ3) is 2.40. The molecule has 1 aromatic rings. The fourth-order valence-corrected chi connectivity index (χ4v) is 3.36. The summed E-state index contributed by atoms with van der Waals surface area (Å²) in [6.07, 6.45) is 5.99. The van der Waals surface area contributed by atoms with Gasteiger partial charge in [-0.25, -0.2) is 4.98 Å². The fourth-order valence-electron chi connectivity index (χ4n) is 3.36. The van der Waals surface area contributed by atoms with Gasteiger partial charge < -0.3 is 10.3 Å². The van der Waals surface area contributed by atoms with Crippen LogP contribution in [0.2, 0.25) is 0 Å². The van der Waals surface area contributed by atoms with E-state index in [1.54, 1.807) is 0 Å². The van der Waals surface area contributed by atoms with Crippen LogP contribution in [0.4, 0.5) is 0 Å². The van der Waals surface area contributed by atoms with Gasteiger partial charge in [-0.05, 0) is 37.4 Å². The SMILES string of the molecule is Cc1cnc2cnc(C3CCNC(c4ccccc4)C3)[nH]c1-2. The number of nitrogens with zero attached hydrogens (tertiary/aromatic N) is 2. The lowest BCUT2D eigenvalue weighted by Crippen LogP contribution is -2.31. The number of H-pyrrole nitrogens is 1. The van der Waals surface area contributed by atoms with Crippen molar-refractivity contribution in [3.63, 3.8) is 0 Å². The van der Waals surface area contributed by atoms with Gasteiger partial charge in [0, 0.05) is 18.2 Å². The molecule has 4 heteroatoms. The highest BCUT2D eigenvalue weighted by molar-refractivity contribution is 5.59. The molecule has 0 aromatic heterocycles. The minimum absolute atomic E-state index is 0.407. The lowest BCUT2D eigenvalue weighted by molar-refractivity contribution is 0.360. The van der Waals surface area contributed by atoms with Crippen molar-refractivity contribution in [2.45, 2.75) is 31.7 Å². The zero-order chi connectivity index (χ0) is 14.9. The molecule has 2 atom stereocenters. The number of nitrogens with one attached hydrogen (secondary N) is 2. The number of hydrogen-bond donors (Lipinski definition) is 2. The van der Waals surface area contributed by atoms with Gasteiger partial charge in [-0.2, -0.15) is 0 Å². The van der Waals surface area contributed by atoms with Crippen LogP contribution in [0.3, 0.4) is 0 Å². The Morgan fingerprint density at radius 2 is 1.95 bits per heavy atom. The van der Waals surface area contributed by atoms with Crippen LogP contribution in [-0.4, -0.2) is 21.5 Å². The molecule has 0 radical (unpaired) electrons. The van der Waals surface area contributed by atoms with Gasteiger partial charge in [0.1, 0.15) is 11.5 Å². The van der Waals surface area contributed by atoms with E-state index >= 15 is 0 Å². The Bertz CT molecular complexity index is 734.